The number of halogens is 1. The summed E-state index contributed by atoms with van der Waals surface area (Å²) in [6, 6.07) is 5.10. The van der Waals surface area contributed by atoms with Crippen molar-refractivity contribution in [1.82, 2.24) is 14.9 Å². The average molecular weight is 460 g/mol. The maximum Gasteiger partial charge on any atom is 0.407 e. The van der Waals surface area contributed by atoms with Crippen LogP contribution in [0.4, 0.5) is 4.79 Å². The van der Waals surface area contributed by atoms with Crippen molar-refractivity contribution in [2.75, 3.05) is 6.61 Å². The number of carbonyl (C=O) groups excluding carboxylic acids is 1. The van der Waals surface area contributed by atoms with Crippen molar-refractivity contribution >= 4 is 39.4 Å². The molecule has 0 saturated heterocycles. The maximum atomic E-state index is 12.7. The van der Waals surface area contributed by atoms with Crippen LogP contribution < -0.4 is 15.6 Å². The van der Waals surface area contributed by atoms with Crippen molar-refractivity contribution in [3.63, 3.8) is 0 Å². The summed E-state index contributed by atoms with van der Waals surface area (Å²) in [7, 11) is 1.71. The van der Waals surface area contributed by atoms with Gasteiger partial charge in [-0.1, -0.05) is 25.4 Å². The molecule has 0 aliphatic heterocycles. The van der Waals surface area contributed by atoms with E-state index in [9.17, 15) is 9.59 Å². The molecule has 1 atom stereocenters. The average Bonchev–Trinajstić information content (AvgIpc) is 2.68. The topological polar surface area (TPSA) is 82.5 Å². The standard InChI is InChI=1S/C24H30ClN3O4/c1-14(2)9-15(27-23(30)32-24(3,4)5)13-31-21-11-20-17(10-19(21)25)16-7-8-26-12-18(16)22(29)28(20)6/h7-8,10-12,14-15H,9,13H2,1-6H3,(H,27,30)/t15-/m0/s1. The van der Waals surface area contributed by atoms with E-state index < -0.39 is 11.7 Å². The van der Waals surface area contributed by atoms with Crippen LogP contribution in [0.5, 0.6) is 5.75 Å². The molecule has 0 unspecified atom stereocenters. The Morgan fingerprint density at radius 3 is 2.59 bits per heavy atom. The Morgan fingerprint density at radius 2 is 1.94 bits per heavy atom. The van der Waals surface area contributed by atoms with Gasteiger partial charge in [0.2, 0.25) is 0 Å². The van der Waals surface area contributed by atoms with E-state index in [-0.39, 0.29) is 18.2 Å². The van der Waals surface area contributed by atoms with Crippen molar-refractivity contribution in [3.05, 3.63) is 46.0 Å². The van der Waals surface area contributed by atoms with E-state index in [0.717, 1.165) is 10.8 Å². The molecule has 1 N–H and O–H groups in total. The first-order valence-electron chi connectivity index (χ1n) is 10.6. The van der Waals surface area contributed by atoms with Crippen LogP contribution in [0.15, 0.2) is 35.4 Å². The SMILES string of the molecule is CC(C)C[C@@H](COc1cc2c(cc1Cl)c1ccncc1c(=O)n2C)NC(=O)OC(C)(C)C. The smallest absolute Gasteiger partial charge is 0.407 e. The zero-order valence-corrected chi connectivity index (χ0v) is 20.1. The summed E-state index contributed by atoms with van der Waals surface area (Å²) in [6.45, 7) is 9.82. The molecule has 0 bridgehead atoms. The second kappa shape index (κ2) is 9.36. The summed E-state index contributed by atoms with van der Waals surface area (Å²) in [4.78, 5) is 29.1. The fraction of sp³-hybridized carbons (Fsp3) is 0.458. The third-order valence-corrected chi connectivity index (χ3v) is 5.27. The van der Waals surface area contributed by atoms with Crippen LogP contribution in [0.1, 0.15) is 41.0 Å². The Labute approximate surface area is 192 Å². The fourth-order valence-electron chi connectivity index (χ4n) is 3.64. The molecule has 3 rings (SSSR count). The first-order chi connectivity index (χ1) is 15.0. The van der Waals surface area contributed by atoms with Crippen molar-refractivity contribution in [2.45, 2.75) is 52.7 Å². The summed E-state index contributed by atoms with van der Waals surface area (Å²) < 4.78 is 13.0. The molecule has 3 aromatic rings. The lowest BCUT2D eigenvalue weighted by Gasteiger charge is -2.25. The Kier molecular flexibility index (Phi) is 6.98. The predicted octanol–water partition coefficient (Wildman–Crippen LogP) is 5.06. The normalized spacial score (nSPS) is 12.9. The molecule has 0 aliphatic carbocycles. The van der Waals surface area contributed by atoms with E-state index in [1.165, 1.54) is 0 Å². The lowest BCUT2D eigenvalue weighted by Crippen LogP contribution is -2.42. The van der Waals surface area contributed by atoms with Gasteiger partial charge in [0.1, 0.15) is 18.0 Å². The largest absolute Gasteiger partial charge is 0.490 e. The summed E-state index contributed by atoms with van der Waals surface area (Å²) in [5.41, 5.74) is -0.0234. The first kappa shape index (κ1) is 23.9. The van der Waals surface area contributed by atoms with E-state index in [1.807, 2.05) is 20.8 Å². The van der Waals surface area contributed by atoms with Crippen molar-refractivity contribution in [3.8, 4) is 5.75 Å². The molecule has 0 spiro atoms. The van der Waals surface area contributed by atoms with Crippen molar-refractivity contribution in [2.24, 2.45) is 13.0 Å². The lowest BCUT2D eigenvalue weighted by molar-refractivity contribution is 0.0480. The predicted molar refractivity (Wildman–Crippen MR) is 128 cm³/mol. The molecular formula is C24H30ClN3O4. The van der Waals surface area contributed by atoms with E-state index in [0.29, 0.717) is 34.0 Å². The number of ether oxygens (including phenoxy) is 2. The van der Waals surface area contributed by atoms with Crippen LogP contribution in [0, 0.1) is 5.92 Å². The lowest BCUT2D eigenvalue weighted by atomic mass is 10.0. The molecule has 7 nitrogen and oxygen atoms in total. The number of hydrogen-bond donors (Lipinski definition) is 1. The number of alkyl carbamates (subject to hydrolysis) is 1. The molecule has 2 aromatic heterocycles. The van der Waals surface area contributed by atoms with Gasteiger partial charge in [-0.2, -0.15) is 0 Å². The number of aromatic nitrogens is 2. The molecule has 0 aliphatic rings. The van der Waals surface area contributed by atoms with Gasteiger partial charge < -0.3 is 19.4 Å². The number of carbonyl (C=O) groups is 1. The molecular weight excluding hydrogens is 430 g/mol. The maximum absolute atomic E-state index is 12.7. The zero-order valence-electron chi connectivity index (χ0n) is 19.4. The Morgan fingerprint density at radius 1 is 1.22 bits per heavy atom. The third-order valence-electron chi connectivity index (χ3n) is 4.97. The van der Waals surface area contributed by atoms with E-state index in [1.54, 1.807) is 42.2 Å². The Balaban J connectivity index is 1.89. The van der Waals surface area contributed by atoms with Gasteiger partial charge in [-0.05, 0) is 50.6 Å². The summed E-state index contributed by atoms with van der Waals surface area (Å²) >= 11 is 6.54. The number of hydrogen-bond acceptors (Lipinski definition) is 5. The van der Waals surface area contributed by atoms with Gasteiger partial charge in [0.25, 0.3) is 5.56 Å². The Bertz CT molecular complexity index is 1200. The minimum Gasteiger partial charge on any atom is -0.490 e. The highest BCUT2D eigenvalue weighted by Gasteiger charge is 2.21. The zero-order chi connectivity index (χ0) is 23.6. The molecule has 8 heteroatoms. The second-order valence-corrected chi connectivity index (χ2v) is 9.78. The molecule has 2 heterocycles. The van der Waals surface area contributed by atoms with Gasteiger partial charge in [0.15, 0.2) is 0 Å². The number of pyridine rings is 2. The number of amides is 1. The highest BCUT2D eigenvalue weighted by atomic mass is 35.5. The number of fused-ring (bicyclic) bond motifs is 3. The number of benzene rings is 1. The van der Waals surface area contributed by atoms with Crippen LogP contribution in [0.25, 0.3) is 21.7 Å². The van der Waals surface area contributed by atoms with Gasteiger partial charge in [-0.15, -0.1) is 0 Å². The van der Waals surface area contributed by atoms with Gasteiger partial charge in [-0.25, -0.2) is 4.79 Å². The highest BCUT2D eigenvalue weighted by molar-refractivity contribution is 6.33. The van der Waals surface area contributed by atoms with Crippen molar-refractivity contribution < 1.29 is 14.3 Å². The van der Waals surface area contributed by atoms with Gasteiger partial charge in [0.05, 0.1) is 22.0 Å². The number of rotatable bonds is 6. The minimum absolute atomic E-state index is 0.141. The quantitative estimate of drug-likeness (QED) is 0.521. The Hall–Kier alpha value is -2.80. The summed E-state index contributed by atoms with van der Waals surface area (Å²) in [5, 5.41) is 5.47. The van der Waals surface area contributed by atoms with E-state index in [2.05, 4.69) is 24.1 Å². The molecule has 1 aromatic carbocycles. The minimum atomic E-state index is -0.585. The number of nitrogens with one attached hydrogen (secondary N) is 1. The number of nitrogens with zero attached hydrogens (tertiary/aromatic N) is 2. The van der Waals surface area contributed by atoms with E-state index in [4.69, 9.17) is 21.1 Å². The molecule has 0 fully saturated rings. The monoisotopic (exact) mass is 459 g/mol. The highest BCUT2D eigenvalue weighted by Crippen LogP contribution is 2.32. The third kappa shape index (κ3) is 5.51. The first-order valence-corrected chi connectivity index (χ1v) is 11.0. The molecule has 0 saturated carbocycles. The number of aryl methyl sites for hydroxylation is 1. The van der Waals surface area contributed by atoms with Gasteiger partial charge >= 0.3 is 6.09 Å². The van der Waals surface area contributed by atoms with Crippen LogP contribution >= 0.6 is 11.6 Å². The summed E-state index contributed by atoms with van der Waals surface area (Å²) in [5.74, 6) is 0.786. The molecule has 0 radical (unpaired) electrons. The fourth-order valence-corrected chi connectivity index (χ4v) is 3.86. The van der Waals surface area contributed by atoms with Crippen molar-refractivity contribution in [1.29, 1.82) is 0 Å². The van der Waals surface area contributed by atoms with Gasteiger partial charge in [-0.3, -0.25) is 9.78 Å². The molecule has 172 valence electrons. The van der Waals surface area contributed by atoms with Crippen LogP contribution in [0.3, 0.4) is 0 Å². The summed E-state index contributed by atoms with van der Waals surface area (Å²) in [6.07, 6.45) is 3.44. The van der Waals surface area contributed by atoms with E-state index >= 15 is 0 Å². The van der Waals surface area contributed by atoms with Crippen LogP contribution in [-0.2, 0) is 11.8 Å². The van der Waals surface area contributed by atoms with Crippen LogP contribution in [-0.4, -0.2) is 33.9 Å². The van der Waals surface area contributed by atoms with Gasteiger partial charge in [0, 0.05) is 30.9 Å². The molecule has 32 heavy (non-hydrogen) atoms. The molecule has 1 amide bonds. The van der Waals surface area contributed by atoms with Crippen LogP contribution in [0.2, 0.25) is 5.02 Å². The second-order valence-electron chi connectivity index (χ2n) is 9.37.